The highest BCUT2D eigenvalue weighted by molar-refractivity contribution is 6.29. The summed E-state index contributed by atoms with van der Waals surface area (Å²) in [5.41, 5.74) is 0. The molecule has 0 amide bonds. The molecule has 3 nitrogen and oxygen atoms in total. The topological polar surface area (TPSA) is 35.0 Å². The molecule has 0 N–H and O–H groups in total. The Bertz CT molecular complexity index is 593. The predicted molar refractivity (Wildman–Crippen MR) is 67.5 cm³/mol. The van der Waals surface area contributed by atoms with Gasteiger partial charge in [0.25, 0.3) is 0 Å². The summed E-state index contributed by atoms with van der Waals surface area (Å²) in [5, 5.41) is 0.199. The molecule has 0 aliphatic heterocycles. The van der Waals surface area contributed by atoms with Crippen molar-refractivity contribution in [3.05, 3.63) is 46.9 Å². The molecule has 2 aromatic rings. The van der Waals surface area contributed by atoms with Crippen LogP contribution in [-0.2, 0) is 6.42 Å². The van der Waals surface area contributed by atoms with Crippen LogP contribution in [0.5, 0.6) is 11.6 Å². The lowest BCUT2D eigenvalue weighted by Gasteiger charge is -2.07. The summed E-state index contributed by atoms with van der Waals surface area (Å²) in [5.74, 6) is -1.69. The van der Waals surface area contributed by atoms with Gasteiger partial charge in [0.2, 0.25) is 11.7 Å². The van der Waals surface area contributed by atoms with Crippen molar-refractivity contribution in [2.75, 3.05) is 0 Å². The predicted octanol–water partition coefficient (Wildman–Crippen LogP) is 4.15. The van der Waals surface area contributed by atoms with E-state index in [2.05, 4.69) is 9.97 Å². The Morgan fingerprint density at radius 2 is 2.05 bits per heavy atom. The van der Waals surface area contributed by atoms with Gasteiger partial charge in [0.15, 0.2) is 11.6 Å². The van der Waals surface area contributed by atoms with E-state index in [1.165, 1.54) is 18.2 Å². The second kappa shape index (κ2) is 5.93. The molecular formula is C13H11ClF2N2O. The minimum Gasteiger partial charge on any atom is -0.436 e. The van der Waals surface area contributed by atoms with Crippen LogP contribution in [0, 0.1) is 11.6 Å². The monoisotopic (exact) mass is 284 g/mol. The Morgan fingerprint density at radius 3 is 2.79 bits per heavy atom. The van der Waals surface area contributed by atoms with Gasteiger partial charge in [0.1, 0.15) is 11.0 Å². The van der Waals surface area contributed by atoms with Gasteiger partial charge in [-0.1, -0.05) is 24.6 Å². The number of hydrogen-bond donors (Lipinski definition) is 0. The van der Waals surface area contributed by atoms with E-state index in [0.717, 1.165) is 12.5 Å². The molecule has 0 fully saturated rings. The average Bonchev–Trinajstić information content (AvgIpc) is 2.35. The highest BCUT2D eigenvalue weighted by Crippen LogP contribution is 2.25. The lowest BCUT2D eigenvalue weighted by atomic mass is 10.3. The first-order chi connectivity index (χ1) is 9.10. The quantitative estimate of drug-likeness (QED) is 0.791. The molecule has 1 aromatic heterocycles. The first-order valence-electron chi connectivity index (χ1n) is 5.75. The maximum absolute atomic E-state index is 13.5. The third kappa shape index (κ3) is 3.38. The van der Waals surface area contributed by atoms with Gasteiger partial charge in [-0.3, -0.25) is 0 Å². The third-order valence-electron chi connectivity index (χ3n) is 2.32. The van der Waals surface area contributed by atoms with Gasteiger partial charge in [-0.25, -0.2) is 9.37 Å². The molecule has 0 atom stereocenters. The number of aryl methyl sites for hydroxylation is 1. The molecule has 0 saturated heterocycles. The van der Waals surface area contributed by atoms with Crippen molar-refractivity contribution < 1.29 is 13.5 Å². The third-order valence-corrected chi connectivity index (χ3v) is 2.52. The standard InChI is InChI=1S/C13H11ClF2N2O/c1-2-4-11-17-10(14)7-12(18-11)19-9-6-3-5-8(15)13(9)16/h3,5-7H,2,4H2,1H3. The van der Waals surface area contributed by atoms with Crippen LogP contribution < -0.4 is 4.74 Å². The van der Waals surface area contributed by atoms with E-state index in [-0.39, 0.29) is 16.8 Å². The molecule has 19 heavy (non-hydrogen) atoms. The van der Waals surface area contributed by atoms with Gasteiger partial charge in [0, 0.05) is 12.5 Å². The van der Waals surface area contributed by atoms with Crippen LogP contribution in [0.15, 0.2) is 24.3 Å². The zero-order chi connectivity index (χ0) is 13.8. The maximum atomic E-state index is 13.5. The van der Waals surface area contributed by atoms with E-state index < -0.39 is 11.6 Å². The second-order valence-corrected chi connectivity index (χ2v) is 4.24. The van der Waals surface area contributed by atoms with Crippen molar-refractivity contribution in [3.8, 4) is 11.6 Å². The Balaban J connectivity index is 2.30. The van der Waals surface area contributed by atoms with Gasteiger partial charge in [0.05, 0.1) is 0 Å². The van der Waals surface area contributed by atoms with Crippen LogP contribution in [-0.4, -0.2) is 9.97 Å². The summed E-state index contributed by atoms with van der Waals surface area (Å²) in [6.45, 7) is 1.97. The molecule has 100 valence electrons. The Kier molecular flexibility index (Phi) is 4.27. The number of rotatable bonds is 4. The first kappa shape index (κ1) is 13.7. The molecule has 0 aliphatic rings. The van der Waals surface area contributed by atoms with Gasteiger partial charge in [-0.2, -0.15) is 9.37 Å². The highest BCUT2D eigenvalue weighted by Gasteiger charge is 2.11. The van der Waals surface area contributed by atoms with Crippen molar-refractivity contribution in [2.24, 2.45) is 0 Å². The Hall–Kier alpha value is -1.75. The summed E-state index contributed by atoms with van der Waals surface area (Å²) in [4.78, 5) is 8.09. The molecule has 1 aromatic carbocycles. The second-order valence-electron chi connectivity index (χ2n) is 3.85. The van der Waals surface area contributed by atoms with E-state index >= 15 is 0 Å². The molecular weight excluding hydrogens is 274 g/mol. The first-order valence-corrected chi connectivity index (χ1v) is 6.13. The molecule has 0 radical (unpaired) electrons. The molecule has 0 unspecified atom stereocenters. The normalized spacial score (nSPS) is 10.5. The number of ether oxygens (including phenoxy) is 1. The number of aromatic nitrogens is 2. The van der Waals surface area contributed by atoms with Crippen LogP contribution in [0.3, 0.4) is 0 Å². The van der Waals surface area contributed by atoms with Crippen molar-refractivity contribution in [3.63, 3.8) is 0 Å². The van der Waals surface area contributed by atoms with E-state index in [0.29, 0.717) is 12.2 Å². The summed E-state index contributed by atoms with van der Waals surface area (Å²) >= 11 is 5.82. The van der Waals surface area contributed by atoms with E-state index in [1.54, 1.807) is 0 Å². The molecule has 0 saturated carbocycles. The summed E-state index contributed by atoms with van der Waals surface area (Å²) in [6.07, 6.45) is 1.47. The van der Waals surface area contributed by atoms with E-state index in [4.69, 9.17) is 16.3 Å². The summed E-state index contributed by atoms with van der Waals surface area (Å²) in [6, 6.07) is 5.03. The Morgan fingerprint density at radius 1 is 1.26 bits per heavy atom. The van der Waals surface area contributed by atoms with Crippen molar-refractivity contribution >= 4 is 11.6 Å². The van der Waals surface area contributed by atoms with Crippen LogP contribution >= 0.6 is 11.6 Å². The number of nitrogens with zero attached hydrogens (tertiary/aromatic N) is 2. The van der Waals surface area contributed by atoms with Crippen LogP contribution in [0.25, 0.3) is 0 Å². The molecule has 2 rings (SSSR count). The average molecular weight is 285 g/mol. The van der Waals surface area contributed by atoms with Crippen molar-refractivity contribution in [2.45, 2.75) is 19.8 Å². The van der Waals surface area contributed by atoms with Crippen LogP contribution in [0.4, 0.5) is 8.78 Å². The van der Waals surface area contributed by atoms with E-state index in [1.807, 2.05) is 6.92 Å². The van der Waals surface area contributed by atoms with E-state index in [9.17, 15) is 8.78 Å². The van der Waals surface area contributed by atoms with Crippen LogP contribution in [0.2, 0.25) is 5.15 Å². The minimum absolute atomic E-state index is 0.0907. The van der Waals surface area contributed by atoms with Crippen LogP contribution in [0.1, 0.15) is 19.2 Å². The fourth-order valence-corrected chi connectivity index (χ4v) is 1.70. The minimum atomic E-state index is -1.06. The van der Waals surface area contributed by atoms with Gasteiger partial charge < -0.3 is 4.74 Å². The molecule has 0 spiro atoms. The van der Waals surface area contributed by atoms with Gasteiger partial charge >= 0.3 is 0 Å². The number of hydrogen-bond acceptors (Lipinski definition) is 3. The number of halogens is 3. The van der Waals surface area contributed by atoms with Crippen molar-refractivity contribution in [1.29, 1.82) is 0 Å². The molecule has 0 aliphatic carbocycles. The van der Waals surface area contributed by atoms with Crippen molar-refractivity contribution in [1.82, 2.24) is 9.97 Å². The fourth-order valence-electron chi connectivity index (χ4n) is 1.51. The highest BCUT2D eigenvalue weighted by atomic mass is 35.5. The molecule has 0 bridgehead atoms. The van der Waals surface area contributed by atoms with Gasteiger partial charge in [-0.05, 0) is 18.6 Å². The maximum Gasteiger partial charge on any atom is 0.224 e. The molecule has 1 heterocycles. The lowest BCUT2D eigenvalue weighted by Crippen LogP contribution is -1.99. The zero-order valence-corrected chi connectivity index (χ0v) is 10.9. The summed E-state index contributed by atoms with van der Waals surface area (Å²) < 4.78 is 31.7. The lowest BCUT2D eigenvalue weighted by molar-refractivity contribution is 0.403. The SMILES string of the molecule is CCCc1nc(Cl)cc(Oc2cccc(F)c2F)n1. The smallest absolute Gasteiger partial charge is 0.224 e. The number of benzene rings is 1. The van der Waals surface area contributed by atoms with Gasteiger partial charge in [-0.15, -0.1) is 0 Å². The largest absolute Gasteiger partial charge is 0.436 e. The Labute approximate surface area is 114 Å². The zero-order valence-electron chi connectivity index (χ0n) is 10.2. The summed E-state index contributed by atoms with van der Waals surface area (Å²) in [7, 11) is 0. The molecule has 6 heteroatoms. The fraction of sp³-hybridized carbons (Fsp3) is 0.231.